The Kier molecular flexibility index (Phi) is 7.97. The van der Waals surface area contributed by atoms with Gasteiger partial charge in [-0.1, -0.05) is 59.1 Å². The molecule has 0 aliphatic heterocycles. The standard InChI is InChI=1S/C24H24Cl2FNO2/c1-3-29-23-10-19(14-28-13-17-6-4-16(2)5-7-17)22(26)12-24(23)30-15-18-8-9-20(27)11-21(18)25/h4-12,28H,3,13-15H2,1-2H3. The van der Waals surface area contributed by atoms with Gasteiger partial charge < -0.3 is 14.8 Å². The van der Waals surface area contributed by atoms with Crippen LogP contribution in [0.15, 0.2) is 54.6 Å². The van der Waals surface area contributed by atoms with E-state index >= 15 is 0 Å². The van der Waals surface area contributed by atoms with E-state index < -0.39 is 0 Å². The molecule has 3 nitrogen and oxygen atoms in total. The topological polar surface area (TPSA) is 30.5 Å². The van der Waals surface area contributed by atoms with Gasteiger partial charge in [-0.15, -0.1) is 0 Å². The Labute approximate surface area is 186 Å². The van der Waals surface area contributed by atoms with Gasteiger partial charge in [0.1, 0.15) is 12.4 Å². The van der Waals surface area contributed by atoms with Gasteiger partial charge in [0.15, 0.2) is 11.5 Å². The minimum atomic E-state index is -0.385. The zero-order chi connectivity index (χ0) is 21.5. The molecule has 0 unspecified atom stereocenters. The van der Waals surface area contributed by atoms with Crippen LogP contribution < -0.4 is 14.8 Å². The van der Waals surface area contributed by atoms with Crippen molar-refractivity contribution >= 4 is 23.2 Å². The molecule has 0 saturated carbocycles. The van der Waals surface area contributed by atoms with Crippen LogP contribution in [0, 0.1) is 12.7 Å². The third kappa shape index (κ3) is 6.11. The van der Waals surface area contributed by atoms with Gasteiger partial charge >= 0.3 is 0 Å². The van der Waals surface area contributed by atoms with Crippen molar-refractivity contribution in [2.24, 2.45) is 0 Å². The van der Waals surface area contributed by atoms with Crippen LogP contribution in [0.5, 0.6) is 11.5 Å². The first kappa shape index (κ1) is 22.4. The van der Waals surface area contributed by atoms with Crippen molar-refractivity contribution in [2.75, 3.05) is 6.61 Å². The summed E-state index contributed by atoms with van der Waals surface area (Å²) >= 11 is 12.6. The summed E-state index contributed by atoms with van der Waals surface area (Å²) in [4.78, 5) is 0. The zero-order valence-electron chi connectivity index (χ0n) is 17.0. The van der Waals surface area contributed by atoms with Crippen LogP contribution in [0.1, 0.15) is 29.2 Å². The van der Waals surface area contributed by atoms with Crippen LogP contribution in [0.4, 0.5) is 4.39 Å². The smallest absolute Gasteiger partial charge is 0.163 e. The van der Waals surface area contributed by atoms with Crippen molar-refractivity contribution in [1.82, 2.24) is 5.32 Å². The highest BCUT2D eigenvalue weighted by molar-refractivity contribution is 6.31. The second kappa shape index (κ2) is 10.7. The summed E-state index contributed by atoms with van der Waals surface area (Å²) < 4.78 is 24.9. The van der Waals surface area contributed by atoms with Crippen molar-refractivity contribution in [1.29, 1.82) is 0 Å². The first-order valence-electron chi connectivity index (χ1n) is 9.74. The summed E-state index contributed by atoms with van der Waals surface area (Å²) in [6.07, 6.45) is 0. The van der Waals surface area contributed by atoms with E-state index in [-0.39, 0.29) is 12.4 Å². The summed E-state index contributed by atoms with van der Waals surface area (Å²) in [7, 11) is 0. The number of halogens is 3. The van der Waals surface area contributed by atoms with Crippen LogP contribution in [0.25, 0.3) is 0 Å². The van der Waals surface area contributed by atoms with Crippen molar-refractivity contribution in [3.8, 4) is 11.5 Å². The number of ether oxygens (including phenoxy) is 2. The summed E-state index contributed by atoms with van der Waals surface area (Å²) in [5.41, 5.74) is 4.04. The molecule has 0 saturated heterocycles. The Morgan fingerprint density at radius 1 is 0.833 bits per heavy atom. The maximum absolute atomic E-state index is 13.2. The number of hydrogen-bond donors (Lipinski definition) is 1. The Morgan fingerprint density at radius 3 is 2.23 bits per heavy atom. The zero-order valence-corrected chi connectivity index (χ0v) is 18.5. The minimum Gasteiger partial charge on any atom is -0.490 e. The third-order valence-corrected chi connectivity index (χ3v) is 5.28. The average Bonchev–Trinajstić information content (AvgIpc) is 2.71. The van der Waals surface area contributed by atoms with Crippen LogP contribution in [-0.2, 0) is 19.7 Å². The highest BCUT2D eigenvalue weighted by Crippen LogP contribution is 2.34. The average molecular weight is 448 g/mol. The largest absolute Gasteiger partial charge is 0.490 e. The normalized spacial score (nSPS) is 10.8. The lowest BCUT2D eigenvalue weighted by atomic mass is 10.1. The second-order valence-electron chi connectivity index (χ2n) is 6.94. The maximum Gasteiger partial charge on any atom is 0.163 e. The lowest BCUT2D eigenvalue weighted by molar-refractivity contribution is 0.269. The van der Waals surface area contributed by atoms with Crippen LogP contribution >= 0.6 is 23.2 Å². The van der Waals surface area contributed by atoms with Gasteiger partial charge in [-0.25, -0.2) is 4.39 Å². The molecule has 0 amide bonds. The molecule has 0 radical (unpaired) electrons. The van der Waals surface area contributed by atoms with Gasteiger partial charge in [-0.2, -0.15) is 0 Å². The van der Waals surface area contributed by atoms with E-state index in [2.05, 4.69) is 36.5 Å². The molecule has 0 heterocycles. The van der Waals surface area contributed by atoms with E-state index in [1.807, 2.05) is 13.0 Å². The molecular weight excluding hydrogens is 424 g/mol. The molecule has 1 N–H and O–H groups in total. The molecule has 158 valence electrons. The van der Waals surface area contributed by atoms with E-state index in [1.165, 1.54) is 23.3 Å². The van der Waals surface area contributed by atoms with Crippen molar-refractivity contribution < 1.29 is 13.9 Å². The predicted octanol–water partition coefficient (Wildman–Crippen LogP) is 6.71. The van der Waals surface area contributed by atoms with Crippen molar-refractivity contribution in [3.63, 3.8) is 0 Å². The monoisotopic (exact) mass is 447 g/mol. The Morgan fingerprint density at radius 2 is 1.53 bits per heavy atom. The third-order valence-electron chi connectivity index (χ3n) is 4.58. The molecule has 0 aliphatic carbocycles. The van der Waals surface area contributed by atoms with E-state index in [4.69, 9.17) is 32.7 Å². The first-order valence-corrected chi connectivity index (χ1v) is 10.5. The number of hydrogen-bond acceptors (Lipinski definition) is 3. The molecule has 0 fully saturated rings. The maximum atomic E-state index is 13.2. The van der Waals surface area contributed by atoms with E-state index in [9.17, 15) is 4.39 Å². The van der Waals surface area contributed by atoms with Gasteiger partial charge in [0, 0.05) is 29.7 Å². The highest BCUT2D eigenvalue weighted by Gasteiger charge is 2.12. The number of nitrogens with one attached hydrogen (secondary N) is 1. The molecule has 0 atom stereocenters. The Bertz CT molecular complexity index is 993. The molecule has 0 spiro atoms. The van der Waals surface area contributed by atoms with Gasteiger partial charge in [0.05, 0.1) is 11.6 Å². The molecule has 0 aromatic heterocycles. The van der Waals surface area contributed by atoms with Gasteiger partial charge in [0.2, 0.25) is 0 Å². The van der Waals surface area contributed by atoms with Gasteiger partial charge in [-0.05, 0) is 43.2 Å². The van der Waals surface area contributed by atoms with Crippen LogP contribution in [-0.4, -0.2) is 6.61 Å². The molecule has 3 rings (SSSR count). The summed E-state index contributed by atoms with van der Waals surface area (Å²) in [6.45, 7) is 5.98. The summed E-state index contributed by atoms with van der Waals surface area (Å²) in [5.74, 6) is 0.737. The Balaban J connectivity index is 1.68. The number of benzene rings is 3. The fourth-order valence-electron chi connectivity index (χ4n) is 2.94. The predicted molar refractivity (Wildman–Crippen MR) is 120 cm³/mol. The fourth-order valence-corrected chi connectivity index (χ4v) is 3.38. The quantitative estimate of drug-likeness (QED) is 0.395. The first-order chi connectivity index (χ1) is 14.5. The summed E-state index contributed by atoms with van der Waals surface area (Å²) in [5, 5.41) is 4.30. The van der Waals surface area contributed by atoms with Crippen molar-refractivity contribution in [3.05, 3.63) is 92.7 Å². The summed E-state index contributed by atoms with van der Waals surface area (Å²) in [6, 6.07) is 16.2. The van der Waals surface area contributed by atoms with Gasteiger partial charge in [0.25, 0.3) is 0 Å². The molecule has 3 aromatic carbocycles. The number of rotatable bonds is 9. The minimum absolute atomic E-state index is 0.181. The SMILES string of the molecule is CCOc1cc(CNCc2ccc(C)cc2)c(Cl)cc1OCc1ccc(F)cc1Cl. The second-order valence-corrected chi connectivity index (χ2v) is 7.75. The fraction of sp³-hybridized carbons (Fsp3) is 0.250. The van der Waals surface area contributed by atoms with E-state index in [1.54, 1.807) is 12.1 Å². The molecule has 30 heavy (non-hydrogen) atoms. The number of aryl methyl sites for hydroxylation is 1. The van der Waals surface area contributed by atoms with Crippen LogP contribution in [0.3, 0.4) is 0 Å². The van der Waals surface area contributed by atoms with Crippen molar-refractivity contribution in [2.45, 2.75) is 33.5 Å². The Hall–Kier alpha value is -2.27. The lowest BCUT2D eigenvalue weighted by Gasteiger charge is -2.16. The highest BCUT2D eigenvalue weighted by atomic mass is 35.5. The van der Waals surface area contributed by atoms with Gasteiger partial charge in [-0.3, -0.25) is 0 Å². The van der Waals surface area contributed by atoms with E-state index in [0.29, 0.717) is 40.3 Å². The molecule has 0 bridgehead atoms. The molecule has 3 aromatic rings. The molecular formula is C24H24Cl2FNO2. The lowest BCUT2D eigenvalue weighted by Crippen LogP contribution is -2.13. The van der Waals surface area contributed by atoms with E-state index in [0.717, 1.165) is 12.1 Å². The molecule has 6 heteroatoms. The molecule has 0 aliphatic rings. The van der Waals surface area contributed by atoms with Crippen LogP contribution in [0.2, 0.25) is 10.0 Å².